The molecule has 1 aliphatic rings. The lowest BCUT2D eigenvalue weighted by Gasteiger charge is -2.43. The summed E-state index contributed by atoms with van der Waals surface area (Å²) in [6.07, 6.45) is -0.0602. The molecule has 0 saturated carbocycles. The van der Waals surface area contributed by atoms with E-state index in [0.29, 0.717) is 25.1 Å². The lowest BCUT2D eigenvalue weighted by atomic mass is 9.79. The van der Waals surface area contributed by atoms with Gasteiger partial charge in [0.25, 0.3) is 0 Å². The van der Waals surface area contributed by atoms with Crippen LogP contribution in [-0.2, 0) is 35.1 Å². The Morgan fingerprint density at radius 1 is 1.08 bits per heavy atom. The topological polar surface area (TPSA) is 112 Å². The van der Waals surface area contributed by atoms with Gasteiger partial charge in [-0.25, -0.2) is 4.79 Å². The number of rotatable bonds is 9. The standard InChI is InChI=1S/C26H38N2O8/c1-7-35-23(31)26(13-8-14-27(17-26)24(32)36-25(2,3)4)18-28(21(29)15-22(30)34-6)16-19-9-11-20(33-5)12-10-19/h9-12H,7-8,13-18H2,1-6H3. The van der Waals surface area contributed by atoms with Crippen LogP contribution in [0.1, 0.15) is 52.5 Å². The quantitative estimate of drug-likeness (QED) is 0.285. The molecule has 1 saturated heterocycles. The minimum absolute atomic E-state index is 0.0331. The molecule has 0 aromatic heterocycles. The van der Waals surface area contributed by atoms with E-state index < -0.39 is 41.4 Å². The van der Waals surface area contributed by atoms with Crippen LogP contribution in [0.4, 0.5) is 4.79 Å². The summed E-state index contributed by atoms with van der Waals surface area (Å²) in [4.78, 5) is 54.2. The van der Waals surface area contributed by atoms with Crippen LogP contribution in [0.2, 0.25) is 0 Å². The molecule has 0 aliphatic carbocycles. The Kier molecular flexibility index (Phi) is 10.1. The average Bonchev–Trinajstić information content (AvgIpc) is 2.83. The fourth-order valence-electron chi connectivity index (χ4n) is 4.11. The van der Waals surface area contributed by atoms with Crippen molar-refractivity contribution in [3.05, 3.63) is 29.8 Å². The van der Waals surface area contributed by atoms with E-state index >= 15 is 0 Å². The average molecular weight is 507 g/mol. The predicted molar refractivity (Wildman–Crippen MR) is 131 cm³/mol. The monoisotopic (exact) mass is 506 g/mol. The zero-order valence-corrected chi connectivity index (χ0v) is 22.1. The maximum absolute atomic E-state index is 13.3. The molecule has 1 heterocycles. The maximum atomic E-state index is 13.3. The third-order valence-corrected chi connectivity index (χ3v) is 5.84. The van der Waals surface area contributed by atoms with Crippen molar-refractivity contribution < 1.29 is 38.1 Å². The second-order valence-corrected chi connectivity index (χ2v) is 9.86. The summed E-state index contributed by atoms with van der Waals surface area (Å²) in [5.74, 6) is -1.00. The first-order valence-electron chi connectivity index (χ1n) is 12.1. The predicted octanol–water partition coefficient (Wildman–Crippen LogP) is 3.17. The number of ether oxygens (including phenoxy) is 4. The third-order valence-electron chi connectivity index (χ3n) is 5.84. The van der Waals surface area contributed by atoms with Gasteiger partial charge in [0.2, 0.25) is 5.91 Å². The smallest absolute Gasteiger partial charge is 0.410 e. The van der Waals surface area contributed by atoms with Crippen LogP contribution >= 0.6 is 0 Å². The van der Waals surface area contributed by atoms with E-state index in [1.54, 1.807) is 46.9 Å². The SMILES string of the molecule is CCOC(=O)C1(CN(Cc2ccc(OC)cc2)C(=O)CC(=O)OC)CCCN(C(=O)OC(C)(C)C)C1. The number of likely N-dealkylation sites (tertiary alicyclic amines) is 1. The lowest BCUT2D eigenvalue weighted by molar-refractivity contribution is -0.162. The molecule has 1 unspecified atom stereocenters. The van der Waals surface area contributed by atoms with E-state index in [4.69, 9.17) is 14.2 Å². The first-order valence-corrected chi connectivity index (χ1v) is 12.1. The highest BCUT2D eigenvalue weighted by molar-refractivity contribution is 5.94. The Bertz CT molecular complexity index is 925. The Morgan fingerprint density at radius 3 is 2.31 bits per heavy atom. The normalized spacial score (nSPS) is 17.7. The molecule has 1 atom stereocenters. The number of piperidine rings is 1. The molecule has 0 radical (unpaired) electrons. The number of nitrogens with zero attached hydrogens (tertiary/aromatic N) is 2. The number of methoxy groups -OCH3 is 2. The third kappa shape index (κ3) is 8.13. The van der Waals surface area contributed by atoms with Crippen molar-refractivity contribution in [3.8, 4) is 5.75 Å². The number of esters is 2. The lowest BCUT2D eigenvalue weighted by Crippen LogP contribution is -2.56. The van der Waals surface area contributed by atoms with Gasteiger partial charge in [0.05, 0.1) is 20.8 Å². The molecular weight excluding hydrogens is 468 g/mol. The van der Waals surface area contributed by atoms with E-state index in [1.165, 1.54) is 16.9 Å². The number of carbonyl (C=O) groups excluding carboxylic acids is 4. The number of hydrogen-bond donors (Lipinski definition) is 0. The highest BCUT2D eigenvalue weighted by atomic mass is 16.6. The Labute approximate surface area is 212 Å². The molecule has 0 bridgehead atoms. The number of carbonyl (C=O) groups is 4. The molecular formula is C26H38N2O8. The van der Waals surface area contributed by atoms with Crippen molar-refractivity contribution in [2.45, 2.75) is 59.1 Å². The highest BCUT2D eigenvalue weighted by Crippen LogP contribution is 2.34. The molecule has 1 aromatic rings. The van der Waals surface area contributed by atoms with Crippen LogP contribution in [0.15, 0.2) is 24.3 Å². The number of benzene rings is 1. The fourth-order valence-corrected chi connectivity index (χ4v) is 4.11. The van der Waals surface area contributed by atoms with E-state index in [9.17, 15) is 19.2 Å². The summed E-state index contributed by atoms with van der Waals surface area (Å²) < 4.78 is 20.8. The molecule has 2 amide bonds. The van der Waals surface area contributed by atoms with Gasteiger partial charge in [-0.1, -0.05) is 12.1 Å². The van der Waals surface area contributed by atoms with E-state index in [-0.39, 0.29) is 26.2 Å². The summed E-state index contributed by atoms with van der Waals surface area (Å²) in [6.45, 7) is 7.75. The first-order chi connectivity index (χ1) is 16.9. The Hall–Kier alpha value is -3.30. The van der Waals surface area contributed by atoms with Crippen LogP contribution in [0.3, 0.4) is 0 Å². The summed E-state index contributed by atoms with van der Waals surface area (Å²) in [5, 5.41) is 0. The van der Waals surface area contributed by atoms with Crippen LogP contribution in [0, 0.1) is 5.41 Å². The van der Waals surface area contributed by atoms with Crippen LogP contribution in [0.25, 0.3) is 0 Å². The summed E-state index contributed by atoms with van der Waals surface area (Å²) in [5.41, 5.74) is -1.09. The zero-order valence-electron chi connectivity index (χ0n) is 22.1. The molecule has 1 aliphatic heterocycles. The van der Waals surface area contributed by atoms with Gasteiger partial charge in [-0.2, -0.15) is 0 Å². The molecule has 0 N–H and O–H groups in total. The fraction of sp³-hybridized carbons (Fsp3) is 0.615. The summed E-state index contributed by atoms with van der Waals surface area (Å²) in [7, 11) is 2.77. The van der Waals surface area contributed by atoms with Gasteiger partial charge in [-0.05, 0) is 58.2 Å². The van der Waals surface area contributed by atoms with Gasteiger partial charge in [0.1, 0.15) is 23.2 Å². The molecule has 2 rings (SSSR count). The van der Waals surface area contributed by atoms with Gasteiger partial charge in [0, 0.05) is 26.2 Å². The minimum atomic E-state index is -1.18. The van der Waals surface area contributed by atoms with Crippen molar-refractivity contribution >= 4 is 23.9 Å². The molecule has 1 aromatic carbocycles. The van der Waals surface area contributed by atoms with Crippen molar-refractivity contribution in [3.63, 3.8) is 0 Å². The van der Waals surface area contributed by atoms with Gasteiger partial charge in [-0.3, -0.25) is 14.4 Å². The van der Waals surface area contributed by atoms with Crippen molar-refractivity contribution in [1.82, 2.24) is 9.80 Å². The van der Waals surface area contributed by atoms with Gasteiger partial charge < -0.3 is 28.7 Å². The van der Waals surface area contributed by atoms with Crippen LogP contribution < -0.4 is 4.74 Å². The van der Waals surface area contributed by atoms with Crippen molar-refractivity contribution in [1.29, 1.82) is 0 Å². The molecule has 36 heavy (non-hydrogen) atoms. The highest BCUT2D eigenvalue weighted by Gasteiger charge is 2.47. The molecule has 0 spiro atoms. The molecule has 1 fully saturated rings. The van der Waals surface area contributed by atoms with Crippen LogP contribution in [0.5, 0.6) is 5.75 Å². The molecule has 10 nitrogen and oxygen atoms in total. The van der Waals surface area contributed by atoms with Crippen molar-refractivity contribution in [2.75, 3.05) is 40.5 Å². The minimum Gasteiger partial charge on any atom is -0.497 e. The van der Waals surface area contributed by atoms with E-state index in [1.807, 2.05) is 12.1 Å². The second kappa shape index (κ2) is 12.6. The number of hydrogen-bond acceptors (Lipinski definition) is 8. The summed E-state index contributed by atoms with van der Waals surface area (Å²) >= 11 is 0. The second-order valence-electron chi connectivity index (χ2n) is 9.86. The van der Waals surface area contributed by atoms with Gasteiger partial charge in [-0.15, -0.1) is 0 Å². The van der Waals surface area contributed by atoms with E-state index in [0.717, 1.165) is 5.56 Å². The van der Waals surface area contributed by atoms with Crippen LogP contribution in [-0.4, -0.2) is 79.8 Å². The first kappa shape index (κ1) is 28.9. The Morgan fingerprint density at radius 2 is 1.75 bits per heavy atom. The van der Waals surface area contributed by atoms with Gasteiger partial charge >= 0.3 is 18.0 Å². The molecule has 200 valence electrons. The molecule has 10 heteroatoms. The van der Waals surface area contributed by atoms with Gasteiger partial charge in [0.15, 0.2) is 0 Å². The van der Waals surface area contributed by atoms with E-state index in [2.05, 4.69) is 4.74 Å². The number of amides is 2. The Balaban J connectivity index is 2.38. The largest absolute Gasteiger partial charge is 0.497 e. The van der Waals surface area contributed by atoms with Crippen molar-refractivity contribution in [2.24, 2.45) is 5.41 Å². The zero-order chi connectivity index (χ0) is 26.9. The summed E-state index contributed by atoms with van der Waals surface area (Å²) in [6, 6.07) is 7.15. The maximum Gasteiger partial charge on any atom is 0.410 e.